The second-order valence-corrected chi connectivity index (χ2v) is 5.42. The molecule has 3 N–H and O–H groups in total. The van der Waals surface area contributed by atoms with E-state index < -0.39 is 5.60 Å². The first-order chi connectivity index (χ1) is 7.49. The normalized spacial score (nSPS) is 16.8. The van der Waals surface area contributed by atoms with Crippen LogP contribution in [0.15, 0.2) is 28.7 Å². The SMILES string of the molecule is CCC(CN)C(C)(O)Cc1ccc(Br)cc1. The highest BCUT2D eigenvalue weighted by molar-refractivity contribution is 9.10. The number of hydrogen-bond donors (Lipinski definition) is 2. The van der Waals surface area contributed by atoms with Crippen molar-refractivity contribution in [1.82, 2.24) is 0 Å². The predicted molar refractivity (Wildman–Crippen MR) is 71.3 cm³/mol. The van der Waals surface area contributed by atoms with Gasteiger partial charge < -0.3 is 10.8 Å². The summed E-state index contributed by atoms with van der Waals surface area (Å²) in [7, 11) is 0. The molecule has 0 aliphatic carbocycles. The van der Waals surface area contributed by atoms with Gasteiger partial charge in [-0.25, -0.2) is 0 Å². The van der Waals surface area contributed by atoms with Crippen LogP contribution in [0.5, 0.6) is 0 Å². The Kier molecular flexibility index (Phi) is 4.96. The van der Waals surface area contributed by atoms with Crippen molar-refractivity contribution in [3.05, 3.63) is 34.3 Å². The molecule has 0 radical (unpaired) electrons. The van der Waals surface area contributed by atoms with E-state index in [1.807, 2.05) is 31.2 Å². The van der Waals surface area contributed by atoms with Crippen molar-refractivity contribution in [2.75, 3.05) is 6.54 Å². The largest absolute Gasteiger partial charge is 0.389 e. The van der Waals surface area contributed by atoms with E-state index in [-0.39, 0.29) is 5.92 Å². The summed E-state index contributed by atoms with van der Waals surface area (Å²) in [6, 6.07) is 8.05. The fraction of sp³-hybridized carbons (Fsp3) is 0.538. The van der Waals surface area contributed by atoms with Gasteiger partial charge in [0.15, 0.2) is 0 Å². The minimum Gasteiger partial charge on any atom is -0.389 e. The van der Waals surface area contributed by atoms with Crippen LogP contribution < -0.4 is 5.73 Å². The lowest BCUT2D eigenvalue weighted by Crippen LogP contribution is -2.40. The molecule has 3 heteroatoms. The van der Waals surface area contributed by atoms with E-state index in [0.29, 0.717) is 13.0 Å². The molecule has 0 aliphatic heterocycles. The van der Waals surface area contributed by atoms with Crippen molar-refractivity contribution in [1.29, 1.82) is 0 Å². The van der Waals surface area contributed by atoms with E-state index in [1.165, 1.54) is 0 Å². The lowest BCUT2D eigenvalue weighted by Gasteiger charge is -2.31. The van der Waals surface area contributed by atoms with Crippen LogP contribution in [0.25, 0.3) is 0 Å². The molecule has 2 nitrogen and oxygen atoms in total. The van der Waals surface area contributed by atoms with E-state index in [9.17, 15) is 5.11 Å². The zero-order valence-corrected chi connectivity index (χ0v) is 11.5. The molecule has 0 saturated heterocycles. The molecule has 1 aromatic rings. The fourth-order valence-corrected chi connectivity index (χ4v) is 2.28. The van der Waals surface area contributed by atoms with Gasteiger partial charge in [0.1, 0.15) is 0 Å². The fourth-order valence-electron chi connectivity index (χ4n) is 2.02. The van der Waals surface area contributed by atoms with Crippen LogP contribution in [-0.2, 0) is 6.42 Å². The number of aliphatic hydroxyl groups is 1. The molecule has 16 heavy (non-hydrogen) atoms. The van der Waals surface area contributed by atoms with Crippen LogP contribution in [-0.4, -0.2) is 17.3 Å². The Bertz CT molecular complexity index is 317. The van der Waals surface area contributed by atoms with Crippen LogP contribution in [0.4, 0.5) is 0 Å². The minimum absolute atomic E-state index is 0.149. The van der Waals surface area contributed by atoms with Crippen LogP contribution >= 0.6 is 15.9 Å². The van der Waals surface area contributed by atoms with Gasteiger partial charge in [-0.1, -0.05) is 35.0 Å². The van der Waals surface area contributed by atoms with Crippen LogP contribution in [0.1, 0.15) is 25.8 Å². The van der Waals surface area contributed by atoms with E-state index in [0.717, 1.165) is 16.5 Å². The maximum absolute atomic E-state index is 10.4. The Balaban J connectivity index is 2.75. The zero-order valence-electron chi connectivity index (χ0n) is 9.91. The zero-order chi connectivity index (χ0) is 12.2. The molecule has 0 amide bonds. The van der Waals surface area contributed by atoms with Gasteiger partial charge in [-0.05, 0) is 43.5 Å². The van der Waals surface area contributed by atoms with E-state index in [1.54, 1.807) is 0 Å². The second-order valence-electron chi connectivity index (χ2n) is 4.50. The molecule has 1 aromatic carbocycles. The lowest BCUT2D eigenvalue weighted by molar-refractivity contribution is 0.00123. The number of nitrogens with two attached hydrogens (primary N) is 1. The van der Waals surface area contributed by atoms with Crippen molar-refractivity contribution in [3.8, 4) is 0 Å². The van der Waals surface area contributed by atoms with E-state index in [4.69, 9.17) is 5.73 Å². The lowest BCUT2D eigenvalue weighted by atomic mass is 9.82. The third-order valence-electron chi connectivity index (χ3n) is 3.13. The molecule has 2 atom stereocenters. The maximum atomic E-state index is 10.4. The molecular formula is C13H20BrNO. The molecular weight excluding hydrogens is 266 g/mol. The number of benzene rings is 1. The van der Waals surface area contributed by atoms with Crippen molar-refractivity contribution >= 4 is 15.9 Å². The monoisotopic (exact) mass is 285 g/mol. The quantitative estimate of drug-likeness (QED) is 0.874. The molecule has 90 valence electrons. The van der Waals surface area contributed by atoms with Crippen molar-refractivity contribution in [2.45, 2.75) is 32.3 Å². The summed E-state index contributed by atoms with van der Waals surface area (Å²) in [6.07, 6.45) is 1.55. The van der Waals surface area contributed by atoms with Crippen LogP contribution in [0.2, 0.25) is 0 Å². The Morgan fingerprint density at radius 2 is 1.94 bits per heavy atom. The van der Waals surface area contributed by atoms with E-state index >= 15 is 0 Å². The van der Waals surface area contributed by atoms with Crippen molar-refractivity contribution in [3.63, 3.8) is 0 Å². The van der Waals surface area contributed by atoms with Crippen molar-refractivity contribution < 1.29 is 5.11 Å². The smallest absolute Gasteiger partial charge is 0.0699 e. The van der Waals surface area contributed by atoms with Gasteiger partial charge in [0.25, 0.3) is 0 Å². The van der Waals surface area contributed by atoms with Gasteiger partial charge in [0, 0.05) is 10.9 Å². The Labute approximate surface area is 106 Å². The summed E-state index contributed by atoms with van der Waals surface area (Å²) in [6.45, 7) is 4.46. The highest BCUT2D eigenvalue weighted by Gasteiger charge is 2.29. The molecule has 1 rings (SSSR count). The van der Waals surface area contributed by atoms with Gasteiger partial charge in [0.05, 0.1) is 5.60 Å². The first-order valence-corrected chi connectivity index (χ1v) is 6.45. The third-order valence-corrected chi connectivity index (χ3v) is 3.66. The van der Waals surface area contributed by atoms with Gasteiger partial charge in [-0.2, -0.15) is 0 Å². The molecule has 0 aliphatic rings. The highest BCUT2D eigenvalue weighted by atomic mass is 79.9. The van der Waals surface area contributed by atoms with Gasteiger partial charge in [-0.3, -0.25) is 0 Å². The third kappa shape index (κ3) is 3.58. The van der Waals surface area contributed by atoms with Crippen LogP contribution in [0, 0.1) is 5.92 Å². The predicted octanol–water partition coefficient (Wildman–Crippen LogP) is 2.73. The number of halogens is 1. The number of rotatable bonds is 5. The summed E-state index contributed by atoms with van der Waals surface area (Å²) in [5, 5.41) is 10.4. The topological polar surface area (TPSA) is 46.2 Å². The molecule has 0 heterocycles. The maximum Gasteiger partial charge on any atom is 0.0699 e. The van der Waals surface area contributed by atoms with E-state index in [2.05, 4.69) is 22.9 Å². The molecule has 0 spiro atoms. The average Bonchev–Trinajstić information content (AvgIpc) is 2.22. The summed E-state index contributed by atoms with van der Waals surface area (Å²) in [5.74, 6) is 0.149. The van der Waals surface area contributed by atoms with Gasteiger partial charge in [-0.15, -0.1) is 0 Å². The summed E-state index contributed by atoms with van der Waals surface area (Å²) in [4.78, 5) is 0. The van der Waals surface area contributed by atoms with Crippen LogP contribution in [0.3, 0.4) is 0 Å². The van der Waals surface area contributed by atoms with Gasteiger partial charge in [0.2, 0.25) is 0 Å². The standard InChI is InChI=1S/C13H20BrNO/c1-3-11(9-15)13(2,16)8-10-4-6-12(14)7-5-10/h4-7,11,16H,3,8-9,15H2,1-2H3. The Morgan fingerprint density at radius 3 is 2.38 bits per heavy atom. The van der Waals surface area contributed by atoms with Crippen molar-refractivity contribution in [2.24, 2.45) is 11.7 Å². The summed E-state index contributed by atoms with van der Waals surface area (Å²) < 4.78 is 1.06. The first-order valence-electron chi connectivity index (χ1n) is 5.66. The number of hydrogen-bond acceptors (Lipinski definition) is 2. The molecule has 2 unspecified atom stereocenters. The minimum atomic E-state index is -0.725. The molecule has 0 aromatic heterocycles. The molecule has 0 saturated carbocycles. The summed E-state index contributed by atoms with van der Waals surface area (Å²) in [5.41, 5.74) is 6.09. The first kappa shape index (κ1) is 13.7. The average molecular weight is 286 g/mol. The molecule has 0 fully saturated rings. The Morgan fingerprint density at radius 1 is 1.38 bits per heavy atom. The second kappa shape index (κ2) is 5.80. The van der Waals surface area contributed by atoms with Gasteiger partial charge >= 0.3 is 0 Å². The Hall–Kier alpha value is -0.380. The summed E-state index contributed by atoms with van der Waals surface area (Å²) >= 11 is 3.40. The molecule has 0 bridgehead atoms. The highest BCUT2D eigenvalue weighted by Crippen LogP contribution is 2.24.